The van der Waals surface area contributed by atoms with E-state index in [1.807, 2.05) is 4.90 Å². The second kappa shape index (κ2) is 7.44. The summed E-state index contributed by atoms with van der Waals surface area (Å²) >= 11 is 0. The zero-order valence-electron chi connectivity index (χ0n) is 14.1. The van der Waals surface area contributed by atoms with E-state index in [0.29, 0.717) is 17.9 Å². The molecule has 20 heavy (non-hydrogen) atoms. The molecule has 1 aliphatic rings. The van der Waals surface area contributed by atoms with Crippen LogP contribution in [0.5, 0.6) is 0 Å². The van der Waals surface area contributed by atoms with Gasteiger partial charge in [-0.05, 0) is 63.8 Å². The number of nitrogens with two attached hydrogens (primary N) is 1. The molecule has 1 amide bonds. The van der Waals surface area contributed by atoms with Crippen LogP contribution in [0.3, 0.4) is 0 Å². The Bertz CT molecular complexity index is 299. The van der Waals surface area contributed by atoms with E-state index in [9.17, 15) is 4.79 Å². The molecule has 0 radical (unpaired) electrons. The molecule has 1 aliphatic carbocycles. The molecular formula is C17H34N2O. The summed E-state index contributed by atoms with van der Waals surface area (Å²) in [6.07, 6.45) is 5.42. The van der Waals surface area contributed by atoms with Crippen molar-refractivity contribution in [2.75, 3.05) is 13.1 Å². The van der Waals surface area contributed by atoms with Gasteiger partial charge in [0, 0.05) is 18.5 Å². The van der Waals surface area contributed by atoms with Gasteiger partial charge in [-0.2, -0.15) is 0 Å². The predicted octanol–water partition coefficient (Wildman–Crippen LogP) is 3.42. The third-order valence-corrected chi connectivity index (χ3v) is 4.81. The average Bonchev–Trinajstić information content (AvgIpc) is 2.37. The van der Waals surface area contributed by atoms with E-state index in [-0.39, 0.29) is 12.0 Å². The van der Waals surface area contributed by atoms with E-state index >= 15 is 0 Å². The van der Waals surface area contributed by atoms with Crippen LogP contribution in [0.1, 0.15) is 66.7 Å². The number of nitrogens with zero attached hydrogens (tertiary/aromatic N) is 1. The van der Waals surface area contributed by atoms with Crippen LogP contribution in [-0.2, 0) is 4.79 Å². The van der Waals surface area contributed by atoms with Gasteiger partial charge in [0.2, 0.25) is 5.91 Å². The van der Waals surface area contributed by atoms with E-state index in [1.54, 1.807) is 0 Å². The molecule has 3 nitrogen and oxygen atoms in total. The molecule has 0 aliphatic heterocycles. The number of carbonyl (C=O) groups is 1. The van der Waals surface area contributed by atoms with Gasteiger partial charge in [0.1, 0.15) is 0 Å². The van der Waals surface area contributed by atoms with Gasteiger partial charge >= 0.3 is 0 Å². The van der Waals surface area contributed by atoms with Gasteiger partial charge in [-0.3, -0.25) is 4.79 Å². The van der Waals surface area contributed by atoms with Crippen molar-refractivity contribution in [2.45, 2.75) is 72.8 Å². The van der Waals surface area contributed by atoms with E-state index < -0.39 is 0 Å². The molecule has 1 rings (SSSR count). The average molecular weight is 282 g/mol. The van der Waals surface area contributed by atoms with Gasteiger partial charge in [0.15, 0.2) is 0 Å². The third kappa shape index (κ3) is 4.76. The van der Waals surface area contributed by atoms with Gasteiger partial charge in [-0.25, -0.2) is 0 Å². The van der Waals surface area contributed by atoms with Crippen molar-refractivity contribution in [3.8, 4) is 0 Å². The minimum absolute atomic E-state index is 0.244. The van der Waals surface area contributed by atoms with Gasteiger partial charge in [0.25, 0.3) is 0 Å². The maximum absolute atomic E-state index is 12.7. The lowest BCUT2D eigenvalue weighted by Crippen LogP contribution is -2.43. The van der Waals surface area contributed by atoms with Crippen LogP contribution in [0.25, 0.3) is 0 Å². The van der Waals surface area contributed by atoms with E-state index in [4.69, 9.17) is 5.73 Å². The number of amides is 1. The van der Waals surface area contributed by atoms with Crippen molar-refractivity contribution in [3.05, 3.63) is 0 Å². The summed E-state index contributed by atoms with van der Waals surface area (Å²) in [5, 5.41) is 0. The van der Waals surface area contributed by atoms with Crippen LogP contribution in [0, 0.1) is 17.3 Å². The van der Waals surface area contributed by atoms with Gasteiger partial charge in [0.05, 0.1) is 0 Å². The normalized spacial score (nSPS) is 23.9. The Morgan fingerprint density at radius 1 is 1.20 bits per heavy atom. The number of hydrogen-bond acceptors (Lipinski definition) is 2. The first-order chi connectivity index (χ1) is 9.27. The molecule has 0 aromatic heterocycles. The third-order valence-electron chi connectivity index (χ3n) is 4.81. The Kier molecular flexibility index (Phi) is 6.50. The topological polar surface area (TPSA) is 46.3 Å². The second-order valence-electron chi connectivity index (χ2n) is 7.68. The molecule has 118 valence electrons. The molecule has 0 saturated heterocycles. The molecule has 0 spiro atoms. The highest BCUT2D eigenvalue weighted by Crippen LogP contribution is 2.40. The van der Waals surface area contributed by atoms with Crippen LogP contribution in [0.15, 0.2) is 0 Å². The molecule has 3 heteroatoms. The standard InChI is InChI=1S/C17H34N2O/c1-13(2)19(12-6-11-18)16(20)14-7-9-15(10-8-14)17(3,4)5/h13-15H,6-12,18H2,1-5H3. The molecular weight excluding hydrogens is 248 g/mol. The fraction of sp³-hybridized carbons (Fsp3) is 0.941. The molecule has 0 atom stereocenters. The van der Waals surface area contributed by atoms with Gasteiger partial charge in [-0.1, -0.05) is 20.8 Å². The zero-order valence-corrected chi connectivity index (χ0v) is 14.1. The first kappa shape index (κ1) is 17.5. The quantitative estimate of drug-likeness (QED) is 0.840. The molecule has 1 saturated carbocycles. The summed E-state index contributed by atoms with van der Waals surface area (Å²) in [5.74, 6) is 1.37. The maximum atomic E-state index is 12.7. The van der Waals surface area contributed by atoms with Crippen molar-refractivity contribution in [2.24, 2.45) is 23.0 Å². The Balaban J connectivity index is 2.56. The molecule has 0 heterocycles. The summed E-state index contributed by atoms with van der Waals surface area (Å²) in [6, 6.07) is 0.286. The van der Waals surface area contributed by atoms with E-state index in [2.05, 4.69) is 34.6 Å². The fourth-order valence-electron chi connectivity index (χ4n) is 3.33. The number of carbonyl (C=O) groups excluding carboxylic acids is 1. The highest BCUT2D eigenvalue weighted by molar-refractivity contribution is 5.79. The first-order valence-electron chi connectivity index (χ1n) is 8.28. The van der Waals surface area contributed by atoms with Crippen molar-refractivity contribution in [3.63, 3.8) is 0 Å². The highest BCUT2D eigenvalue weighted by Gasteiger charge is 2.34. The van der Waals surface area contributed by atoms with Crippen LogP contribution in [0.2, 0.25) is 0 Å². The van der Waals surface area contributed by atoms with Crippen molar-refractivity contribution in [1.29, 1.82) is 0 Å². The lowest BCUT2D eigenvalue weighted by Gasteiger charge is -2.38. The minimum atomic E-state index is 0.244. The first-order valence-corrected chi connectivity index (χ1v) is 8.28. The number of hydrogen-bond donors (Lipinski definition) is 1. The molecule has 0 aromatic rings. The largest absolute Gasteiger partial charge is 0.340 e. The van der Waals surface area contributed by atoms with Crippen LogP contribution >= 0.6 is 0 Å². The highest BCUT2D eigenvalue weighted by atomic mass is 16.2. The summed E-state index contributed by atoms with van der Waals surface area (Å²) < 4.78 is 0. The summed E-state index contributed by atoms with van der Waals surface area (Å²) in [4.78, 5) is 14.7. The van der Waals surface area contributed by atoms with Crippen molar-refractivity contribution < 1.29 is 4.79 Å². The van der Waals surface area contributed by atoms with Crippen LogP contribution in [0.4, 0.5) is 0 Å². The Labute approximate surface area is 125 Å². The molecule has 0 bridgehead atoms. The van der Waals surface area contributed by atoms with Crippen LogP contribution in [-0.4, -0.2) is 29.9 Å². The predicted molar refractivity (Wildman–Crippen MR) is 85.4 cm³/mol. The van der Waals surface area contributed by atoms with Crippen molar-refractivity contribution >= 4 is 5.91 Å². The zero-order chi connectivity index (χ0) is 15.3. The summed E-state index contributed by atoms with van der Waals surface area (Å²) in [5.41, 5.74) is 5.96. The lowest BCUT2D eigenvalue weighted by molar-refractivity contribution is -0.139. The molecule has 2 N–H and O–H groups in total. The number of rotatable bonds is 5. The Morgan fingerprint density at radius 2 is 1.75 bits per heavy atom. The Morgan fingerprint density at radius 3 is 2.15 bits per heavy atom. The SMILES string of the molecule is CC(C)N(CCCN)C(=O)C1CCC(C(C)(C)C)CC1. The molecule has 1 fully saturated rings. The minimum Gasteiger partial charge on any atom is -0.340 e. The van der Waals surface area contributed by atoms with Gasteiger partial charge in [-0.15, -0.1) is 0 Å². The van der Waals surface area contributed by atoms with Crippen LogP contribution < -0.4 is 5.73 Å². The lowest BCUT2D eigenvalue weighted by atomic mass is 9.69. The summed E-state index contributed by atoms with van der Waals surface area (Å²) in [7, 11) is 0. The van der Waals surface area contributed by atoms with E-state index in [1.165, 1.54) is 12.8 Å². The fourth-order valence-corrected chi connectivity index (χ4v) is 3.33. The smallest absolute Gasteiger partial charge is 0.225 e. The monoisotopic (exact) mass is 282 g/mol. The van der Waals surface area contributed by atoms with Gasteiger partial charge < -0.3 is 10.6 Å². The Hall–Kier alpha value is -0.570. The molecule has 0 aromatic carbocycles. The molecule has 0 unspecified atom stereocenters. The maximum Gasteiger partial charge on any atom is 0.225 e. The van der Waals surface area contributed by atoms with E-state index in [0.717, 1.165) is 31.7 Å². The summed E-state index contributed by atoms with van der Waals surface area (Å²) in [6.45, 7) is 12.6. The van der Waals surface area contributed by atoms with Crippen molar-refractivity contribution in [1.82, 2.24) is 4.90 Å². The second-order valence-corrected chi connectivity index (χ2v) is 7.68.